The van der Waals surface area contributed by atoms with Crippen LogP contribution in [-0.4, -0.2) is 35.1 Å². The van der Waals surface area contributed by atoms with Gasteiger partial charge in [0.05, 0.1) is 15.8 Å². The van der Waals surface area contributed by atoms with E-state index in [1.807, 2.05) is 50.2 Å². The molecule has 0 unspecified atom stereocenters. The van der Waals surface area contributed by atoms with Crippen molar-refractivity contribution in [2.24, 2.45) is 0 Å². The van der Waals surface area contributed by atoms with Gasteiger partial charge < -0.3 is 10.2 Å². The Balaban J connectivity index is 2.10. The number of benzene rings is 2. The molecule has 0 bridgehead atoms. The molecule has 2 aromatic carbocycles. The van der Waals surface area contributed by atoms with Crippen molar-refractivity contribution in [1.82, 2.24) is 10.2 Å². The predicted molar refractivity (Wildman–Crippen MR) is 136 cm³/mol. The molecule has 0 aliphatic carbocycles. The number of nitrogens with zero attached hydrogens (tertiary/aromatic N) is 1. The lowest BCUT2D eigenvalue weighted by Gasteiger charge is -2.30. The van der Waals surface area contributed by atoms with Crippen LogP contribution in [0.1, 0.15) is 49.8 Å². The zero-order valence-electron chi connectivity index (χ0n) is 19.0. The molecule has 0 saturated heterocycles. The van der Waals surface area contributed by atoms with Crippen LogP contribution in [0.2, 0.25) is 10.0 Å². The molecule has 0 heterocycles. The van der Waals surface area contributed by atoms with E-state index in [4.69, 9.17) is 23.2 Å². The van der Waals surface area contributed by atoms with E-state index >= 15 is 0 Å². The Morgan fingerprint density at radius 2 is 1.72 bits per heavy atom. The second-order valence-electron chi connectivity index (χ2n) is 7.82. The lowest BCUT2D eigenvalue weighted by atomic mass is 10.1. The number of hydrogen-bond acceptors (Lipinski definition) is 3. The maximum Gasteiger partial charge on any atom is 0.242 e. The minimum atomic E-state index is -0.494. The van der Waals surface area contributed by atoms with Gasteiger partial charge in [0.15, 0.2) is 0 Å². The molecule has 1 atom stereocenters. The number of nitrogens with one attached hydrogen (secondary N) is 1. The number of amides is 2. The molecular weight excluding hydrogens is 463 g/mol. The maximum absolute atomic E-state index is 13.2. The van der Waals surface area contributed by atoms with Crippen LogP contribution in [0.3, 0.4) is 0 Å². The van der Waals surface area contributed by atoms with E-state index in [1.165, 1.54) is 11.8 Å². The fourth-order valence-electron chi connectivity index (χ4n) is 3.28. The Bertz CT molecular complexity index is 890. The largest absolute Gasteiger partial charge is 0.354 e. The third kappa shape index (κ3) is 8.34. The predicted octanol–water partition coefficient (Wildman–Crippen LogP) is 6.26. The third-order valence-electron chi connectivity index (χ3n) is 5.17. The van der Waals surface area contributed by atoms with Crippen LogP contribution in [-0.2, 0) is 21.9 Å². The van der Waals surface area contributed by atoms with Gasteiger partial charge in [0.25, 0.3) is 0 Å². The molecule has 0 aliphatic rings. The standard InChI is InChI=1S/C25H32Cl2N2O2S/c1-4-6-13-28-25(31)23(5-2)29(15-19-9-7-18(3)8-10-19)24(30)17-32-16-20-11-12-21(26)22(27)14-20/h7-12,14,23H,4-6,13,15-17H2,1-3H3,(H,28,31)/t23-/m0/s1. The smallest absolute Gasteiger partial charge is 0.242 e. The first-order valence-electron chi connectivity index (χ1n) is 11.0. The highest BCUT2D eigenvalue weighted by molar-refractivity contribution is 7.99. The van der Waals surface area contributed by atoms with Crippen LogP contribution in [0.4, 0.5) is 0 Å². The highest BCUT2D eigenvalue weighted by atomic mass is 35.5. The number of rotatable bonds is 12. The van der Waals surface area contributed by atoms with E-state index in [0.29, 0.717) is 35.3 Å². The van der Waals surface area contributed by atoms with Crippen molar-refractivity contribution >= 4 is 46.8 Å². The van der Waals surface area contributed by atoms with Crippen LogP contribution in [0, 0.1) is 6.92 Å². The van der Waals surface area contributed by atoms with Crippen molar-refractivity contribution in [3.8, 4) is 0 Å². The van der Waals surface area contributed by atoms with E-state index in [0.717, 1.165) is 29.5 Å². The number of carbonyl (C=O) groups is 2. The van der Waals surface area contributed by atoms with Crippen molar-refractivity contribution in [3.05, 3.63) is 69.2 Å². The summed E-state index contributed by atoms with van der Waals surface area (Å²) in [5.41, 5.74) is 3.18. The SMILES string of the molecule is CCCCNC(=O)[C@H](CC)N(Cc1ccc(C)cc1)C(=O)CSCc1ccc(Cl)c(Cl)c1. The Morgan fingerprint density at radius 3 is 2.34 bits per heavy atom. The molecule has 0 aromatic heterocycles. The van der Waals surface area contributed by atoms with Gasteiger partial charge in [-0.1, -0.05) is 79.4 Å². The molecule has 7 heteroatoms. The number of carbonyl (C=O) groups excluding carboxylic acids is 2. The Hall–Kier alpha value is -1.69. The number of hydrogen-bond donors (Lipinski definition) is 1. The fraction of sp³-hybridized carbons (Fsp3) is 0.440. The molecule has 4 nitrogen and oxygen atoms in total. The highest BCUT2D eigenvalue weighted by Crippen LogP contribution is 2.25. The topological polar surface area (TPSA) is 49.4 Å². The number of aryl methyl sites for hydroxylation is 1. The van der Waals surface area contributed by atoms with Gasteiger partial charge in [-0.15, -0.1) is 11.8 Å². The highest BCUT2D eigenvalue weighted by Gasteiger charge is 2.28. The van der Waals surface area contributed by atoms with Crippen molar-refractivity contribution in [3.63, 3.8) is 0 Å². The molecule has 2 rings (SSSR count). The van der Waals surface area contributed by atoms with Crippen molar-refractivity contribution in [2.75, 3.05) is 12.3 Å². The Kier molecular flexibility index (Phi) is 11.4. The van der Waals surface area contributed by atoms with Crippen LogP contribution in [0.5, 0.6) is 0 Å². The minimum Gasteiger partial charge on any atom is -0.354 e. The fourth-order valence-corrected chi connectivity index (χ4v) is 4.46. The molecule has 0 fully saturated rings. The minimum absolute atomic E-state index is 0.0480. The van der Waals surface area contributed by atoms with Gasteiger partial charge in [-0.3, -0.25) is 9.59 Å². The second-order valence-corrected chi connectivity index (χ2v) is 9.62. The normalized spacial score (nSPS) is 11.8. The lowest BCUT2D eigenvalue weighted by Crippen LogP contribution is -2.49. The summed E-state index contributed by atoms with van der Waals surface area (Å²) in [7, 11) is 0. The quantitative estimate of drug-likeness (QED) is 0.354. The van der Waals surface area contributed by atoms with Crippen LogP contribution in [0.25, 0.3) is 0 Å². The number of unbranched alkanes of at least 4 members (excludes halogenated alkanes) is 1. The van der Waals surface area contributed by atoms with Crippen molar-refractivity contribution in [2.45, 2.75) is 58.4 Å². The van der Waals surface area contributed by atoms with E-state index in [-0.39, 0.29) is 17.6 Å². The van der Waals surface area contributed by atoms with Gasteiger partial charge in [0.1, 0.15) is 6.04 Å². The van der Waals surface area contributed by atoms with Crippen LogP contribution < -0.4 is 5.32 Å². The summed E-state index contributed by atoms with van der Waals surface area (Å²) >= 11 is 13.6. The van der Waals surface area contributed by atoms with E-state index in [1.54, 1.807) is 11.0 Å². The summed E-state index contributed by atoms with van der Waals surface area (Å²) in [4.78, 5) is 27.8. The first-order valence-corrected chi connectivity index (χ1v) is 12.9. The number of halogens is 2. The van der Waals surface area contributed by atoms with Gasteiger partial charge in [-0.25, -0.2) is 0 Å². The molecule has 2 aromatic rings. The van der Waals surface area contributed by atoms with Crippen molar-refractivity contribution in [1.29, 1.82) is 0 Å². The Morgan fingerprint density at radius 1 is 1.03 bits per heavy atom. The molecule has 0 radical (unpaired) electrons. The van der Waals surface area contributed by atoms with Crippen LogP contribution in [0.15, 0.2) is 42.5 Å². The number of thioether (sulfide) groups is 1. The zero-order chi connectivity index (χ0) is 23.5. The molecule has 2 amide bonds. The summed E-state index contributed by atoms with van der Waals surface area (Å²) in [5.74, 6) is 0.787. The monoisotopic (exact) mass is 494 g/mol. The van der Waals surface area contributed by atoms with Gasteiger partial charge in [-0.2, -0.15) is 0 Å². The van der Waals surface area contributed by atoms with E-state index < -0.39 is 6.04 Å². The summed E-state index contributed by atoms with van der Waals surface area (Å²) in [5, 5.41) is 4.01. The van der Waals surface area contributed by atoms with Gasteiger partial charge in [0, 0.05) is 18.8 Å². The summed E-state index contributed by atoms with van der Waals surface area (Å²) < 4.78 is 0. The van der Waals surface area contributed by atoms with Crippen LogP contribution >= 0.6 is 35.0 Å². The molecular formula is C25H32Cl2N2O2S. The van der Waals surface area contributed by atoms with Crippen molar-refractivity contribution < 1.29 is 9.59 Å². The summed E-state index contributed by atoms with van der Waals surface area (Å²) in [6.45, 7) is 7.10. The zero-order valence-corrected chi connectivity index (χ0v) is 21.3. The third-order valence-corrected chi connectivity index (χ3v) is 6.89. The van der Waals surface area contributed by atoms with E-state index in [9.17, 15) is 9.59 Å². The van der Waals surface area contributed by atoms with Gasteiger partial charge in [-0.05, 0) is 43.0 Å². The van der Waals surface area contributed by atoms with Gasteiger partial charge >= 0.3 is 0 Å². The second kappa shape index (κ2) is 13.8. The maximum atomic E-state index is 13.2. The average Bonchev–Trinajstić information content (AvgIpc) is 2.77. The summed E-state index contributed by atoms with van der Waals surface area (Å²) in [6, 6.07) is 13.1. The van der Waals surface area contributed by atoms with E-state index in [2.05, 4.69) is 12.2 Å². The lowest BCUT2D eigenvalue weighted by molar-refractivity contribution is -0.139. The molecule has 0 saturated carbocycles. The Labute approximate surface area is 206 Å². The molecule has 32 heavy (non-hydrogen) atoms. The molecule has 0 aliphatic heterocycles. The van der Waals surface area contributed by atoms with Gasteiger partial charge in [0.2, 0.25) is 11.8 Å². The average molecular weight is 496 g/mol. The molecule has 0 spiro atoms. The first kappa shape index (κ1) is 26.6. The summed E-state index contributed by atoms with van der Waals surface area (Å²) in [6.07, 6.45) is 2.50. The first-order chi connectivity index (χ1) is 15.3. The molecule has 174 valence electrons. The molecule has 1 N–H and O–H groups in total.